The molecule has 8 nitrogen and oxygen atoms in total. The number of carbonyl (C=O) groups excluding carboxylic acids is 3. The molecule has 242 valence electrons. The second-order valence-electron chi connectivity index (χ2n) is 12.9. The fourth-order valence-electron chi connectivity index (χ4n) is 6.89. The minimum absolute atomic E-state index is 0.0432. The van der Waals surface area contributed by atoms with E-state index in [1.54, 1.807) is 11.9 Å². The van der Waals surface area contributed by atoms with Crippen LogP contribution in [-0.2, 0) is 16.1 Å². The van der Waals surface area contributed by atoms with Gasteiger partial charge >= 0.3 is 6.03 Å². The maximum absolute atomic E-state index is 14.0. The number of benzene rings is 3. The second-order valence-corrected chi connectivity index (χ2v) is 13.3. The van der Waals surface area contributed by atoms with Crippen LogP contribution in [0.4, 0.5) is 21.9 Å². The number of urea groups is 1. The van der Waals surface area contributed by atoms with E-state index in [0.717, 1.165) is 68.7 Å². The number of hydrogen-bond donors (Lipinski definition) is 1. The van der Waals surface area contributed by atoms with Gasteiger partial charge in [0.2, 0.25) is 5.91 Å². The Balaban J connectivity index is 1.11. The van der Waals surface area contributed by atoms with Gasteiger partial charge in [0.15, 0.2) is 0 Å². The summed E-state index contributed by atoms with van der Waals surface area (Å²) in [6.45, 7) is 6.87. The number of aldehydes is 1. The maximum Gasteiger partial charge on any atom is 0.325 e. The number of hydrogen-bond acceptors (Lipinski definition) is 5. The Labute approximate surface area is 277 Å². The highest BCUT2D eigenvalue weighted by atomic mass is 35.5. The van der Waals surface area contributed by atoms with E-state index < -0.39 is 5.54 Å². The zero-order valence-corrected chi connectivity index (χ0v) is 27.6. The molecule has 1 saturated carbocycles. The predicted octanol–water partition coefficient (Wildman–Crippen LogP) is 7.07. The van der Waals surface area contributed by atoms with E-state index in [0.29, 0.717) is 30.1 Å². The standard InChI is InChI=1S/C37H44ClN5O3/c1-3-43(37(26-44)18-22-41(23-19-37)25-27-10-15-30(16-11-27)42-20-6-7-21-42)36(46)40(2)34-17-14-29(24-32(34)38)31-8-4-5-9-33(31)39-35(45)28-12-13-28/h4-5,8-11,14-17,24,26,28H,3,6-7,12-13,18-23,25H2,1-2H3,(H,39,45). The van der Waals surface area contributed by atoms with Gasteiger partial charge in [0.25, 0.3) is 0 Å². The van der Waals surface area contributed by atoms with Crippen LogP contribution in [0.1, 0.15) is 51.0 Å². The van der Waals surface area contributed by atoms with Crippen LogP contribution >= 0.6 is 11.6 Å². The van der Waals surface area contributed by atoms with Gasteiger partial charge in [-0.3, -0.25) is 14.6 Å². The smallest absolute Gasteiger partial charge is 0.325 e. The van der Waals surface area contributed by atoms with Crippen LogP contribution in [0.15, 0.2) is 66.7 Å². The van der Waals surface area contributed by atoms with Crippen molar-refractivity contribution in [2.24, 2.45) is 5.92 Å². The lowest BCUT2D eigenvalue weighted by atomic mass is 9.87. The molecule has 3 aromatic carbocycles. The third kappa shape index (κ3) is 6.79. The highest BCUT2D eigenvalue weighted by Crippen LogP contribution is 2.37. The quantitative estimate of drug-likeness (QED) is 0.240. The minimum Gasteiger partial charge on any atom is -0.372 e. The number of para-hydroxylation sites is 1. The zero-order chi connectivity index (χ0) is 32.3. The van der Waals surface area contributed by atoms with Gasteiger partial charge in [-0.05, 0) is 86.9 Å². The van der Waals surface area contributed by atoms with E-state index >= 15 is 0 Å². The van der Waals surface area contributed by atoms with E-state index in [4.69, 9.17) is 11.6 Å². The first-order chi connectivity index (χ1) is 22.3. The molecule has 0 aromatic heterocycles. The molecule has 2 aliphatic heterocycles. The lowest BCUT2D eigenvalue weighted by Gasteiger charge is -2.46. The van der Waals surface area contributed by atoms with Gasteiger partial charge in [-0.15, -0.1) is 0 Å². The number of rotatable bonds is 10. The highest BCUT2D eigenvalue weighted by molar-refractivity contribution is 6.34. The van der Waals surface area contributed by atoms with Gasteiger partial charge < -0.3 is 19.9 Å². The average Bonchev–Trinajstić information content (AvgIpc) is 3.80. The Bertz CT molecular complexity index is 1560. The lowest BCUT2D eigenvalue weighted by molar-refractivity contribution is -0.120. The molecule has 6 rings (SSSR count). The molecule has 3 fully saturated rings. The van der Waals surface area contributed by atoms with Gasteiger partial charge in [0, 0.05) is 69.2 Å². The molecule has 46 heavy (non-hydrogen) atoms. The third-order valence-corrected chi connectivity index (χ3v) is 10.2. The highest BCUT2D eigenvalue weighted by Gasteiger charge is 2.43. The van der Waals surface area contributed by atoms with E-state index in [1.807, 2.05) is 49.4 Å². The molecule has 9 heteroatoms. The van der Waals surface area contributed by atoms with E-state index in [1.165, 1.54) is 29.0 Å². The fraction of sp³-hybridized carbons (Fsp3) is 0.432. The molecule has 1 N–H and O–H groups in total. The van der Waals surface area contributed by atoms with Crippen LogP contribution < -0.4 is 15.1 Å². The number of halogens is 1. The SMILES string of the molecule is CCN(C(=O)N(C)c1ccc(-c2ccccc2NC(=O)C2CC2)cc1Cl)C1(C=O)CCN(Cc2ccc(N3CCCC3)cc2)CC1. The van der Waals surface area contributed by atoms with Crippen molar-refractivity contribution in [3.8, 4) is 11.1 Å². The largest absolute Gasteiger partial charge is 0.372 e. The molecule has 1 aliphatic carbocycles. The van der Waals surface area contributed by atoms with E-state index in [9.17, 15) is 14.4 Å². The van der Waals surface area contributed by atoms with Gasteiger partial charge in [-0.25, -0.2) is 4.79 Å². The topological polar surface area (TPSA) is 76.2 Å². The summed E-state index contributed by atoms with van der Waals surface area (Å²) in [6.07, 6.45) is 6.51. The number of anilines is 3. The Hall–Kier alpha value is -3.88. The summed E-state index contributed by atoms with van der Waals surface area (Å²) in [7, 11) is 1.70. The molecule has 0 radical (unpaired) electrons. The fourth-order valence-corrected chi connectivity index (χ4v) is 7.20. The molecule has 3 aromatic rings. The molecule has 2 saturated heterocycles. The zero-order valence-electron chi connectivity index (χ0n) is 26.9. The Morgan fingerprint density at radius 1 is 0.978 bits per heavy atom. The van der Waals surface area contributed by atoms with Crippen molar-refractivity contribution < 1.29 is 14.4 Å². The maximum atomic E-state index is 14.0. The van der Waals surface area contributed by atoms with Gasteiger partial charge in [-0.2, -0.15) is 0 Å². The van der Waals surface area contributed by atoms with Crippen molar-refractivity contribution in [1.82, 2.24) is 9.80 Å². The van der Waals surface area contributed by atoms with Crippen molar-refractivity contribution in [3.63, 3.8) is 0 Å². The number of likely N-dealkylation sites (tertiary alicyclic amines) is 1. The van der Waals surface area contributed by atoms with Crippen LogP contribution in [0.2, 0.25) is 5.02 Å². The number of amides is 3. The molecule has 2 heterocycles. The summed E-state index contributed by atoms with van der Waals surface area (Å²) in [5, 5.41) is 3.47. The van der Waals surface area contributed by atoms with Crippen molar-refractivity contribution >= 4 is 46.9 Å². The van der Waals surface area contributed by atoms with Crippen molar-refractivity contribution in [2.75, 3.05) is 54.9 Å². The molecular formula is C37H44ClN5O3. The predicted molar refractivity (Wildman–Crippen MR) is 186 cm³/mol. The number of nitrogens with one attached hydrogen (secondary N) is 1. The Morgan fingerprint density at radius 2 is 1.67 bits per heavy atom. The van der Waals surface area contributed by atoms with Crippen molar-refractivity contribution in [2.45, 2.75) is 57.5 Å². The lowest BCUT2D eigenvalue weighted by Crippen LogP contribution is -2.60. The van der Waals surface area contributed by atoms with Crippen LogP contribution in [0.3, 0.4) is 0 Å². The molecule has 0 bridgehead atoms. The van der Waals surface area contributed by atoms with Crippen molar-refractivity contribution in [3.05, 3.63) is 77.3 Å². The molecular weight excluding hydrogens is 598 g/mol. The van der Waals surface area contributed by atoms with Crippen LogP contribution in [-0.4, -0.2) is 73.3 Å². The Kier molecular flexibility index (Phi) is 9.66. The van der Waals surface area contributed by atoms with Crippen LogP contribution in [0.5, 0.6) is 0 Å². The minimum atomic E-state index is -0.874. The summed E-state index contributed by atoms with van der Waals surface area (Å²) in [5.41, 5.74) is 4.68. The average molecular weight is 642 g/mol. The molecule has 3 amide bonds. The van der Waals surface area contributed by atoms with E-state index in [-0.39, 0.29) is 17.9 Å². The van der Waals surface area contributed by atoms with Gasteiger partial charge in [0.1, 0.15) is 11.8 Å². The first-order valence-corrected chi connectivity index (χ1v) is 17.0. The first kappa shape index (κ1) is 32.1. The summed E-state index contributed by atoms with van der Waals surface area (Å²) in [4.78, 5) is 47.2. The molecule has 0 spiro atoms. The number of carbonyl (C=O) groups is 3. The monoisotopic (exact) mass is 641 g/mol. The summed E-state index contributed by atoms with van der Waals surface area (Å²) in [5.74, 6) is 0.139. The normalized spacial score (nSPS) is 17.8. The van der Waals surface area contributed by atoms with E-state index in [2.05, 4.69) is 39.4 Å². The van der Waals surface area contributed by atoms with Crippen molar-refractivity contribution in [1.29, 1.82) is 0 Å². The summed E-state index contributed by atoms with van der Waals surface area (Å²) in [6, 6.07) is 21.8. The first-order valence-electron chi connectivity index (χ1n) is 16.6. The number of likely N-dealkylation sites (N-methyl/N-ethyl adjacent to an activating group) is 1. The summed E-state index contributed by atoms with van der Waals surface area (Å²) < 4.78 is 0. The summed E-state index contributed by atoms with van der Waals surface area (Å²) >= 11 is 6.80. The van der Waals surface area contributed by atoms with Crippen LogP contribution in [0.25, 0.3) is 11.1 Å². The van der Waals surface area contributed by atoms with Gasteiger partial charge in [-0.1, -0.05) is 48.0 Å². The van der Waals surface area contributed by atoms with Gasteiger partial charge in [0.05, 0.1) is 10.7 Å². The van der Waals surface area contributed by atoms with Crippen LogP contribution in [0, 0.1) is 5.92 Å². The Morgan fingerprint density at radius 3 is 2.30 bits per heavy atom. The second kappa shape index (κ2) is 13.9. The molecule has 0 unspecified atom stereocenters. The third-order valence-electron chi connectivity index (χ3n) is 9.88. The number of nitrogens with zero attached hydrogens (tertiary/aromatic N) is 4. The molecule has 3 aliphatic rings. The number of piperidine rings is 1. The molecule has 0 atom stereocenters.